The molecule has 0 N–H and O–H groups in total. The van der Waals surface area contributed by atoms with E-state index in [0.29, 0.717) is 5.92 Å². The van der Waals surface area contributed by atoms with Gasteiger partial charge in [0.25, 0.3) is 0 Å². The van der Waals surface area contributed by atoms with E-state index in [9.17, 15) is 4.91 Å². The average Bonchev–Trinajstić information content (AvgIpc) is 3.21. The van der Waals surface area contributed by atoms with Gasteiger partial charge < -0.3 is 9.30 Å². The van der Waals surface area contributed by atoms with Gasteiger partial charge in [-0.1, -0.05) is 36.6 Å². The predicted molar refractivity (Wildman–Crippen MR) is 93.1 cm³/mol. The summed E-state index contributed by atoms with van der Waals surface area (Å²) in [5.41, 5.74) is 3.40. The van der Waals surface area contributed by atoms with Crippen LogP contribution in [0, 0.1) is 10.8 Å². The Labute approximate surface area is 142 Å². The number of methoxy groups -OCH3 is 1. The largest absolute Gasteiger partial charge is 0.496 e. The van der Waals surface area contributed by atoms with Crippen LogP contribution in [-0.2, 0) is 0 Å². The van der Waals surface area contributed by atoms with Crippen LogP contribution in [0.25, 0.3) is 11.3 Å². The molecule has 2 heterocycles. The molecule has 126 valence electrons. The number of hydrogen-bond acceptors (Lipinski definition) is 4. The molecule has 2 unspecified atom stereocenters. The van der Waals surface area contributed by atoms with Crippen molar-refractivity contribution < 1.29 is 4.74 Å². The monoisotopic (exact) mass is 325 g/mol. The molecule has 0 spiro atoms. The van der Waals surface area contributed by atoms with E-state index in [0.717, 1.165) is 36.3 Å². The highest BCUT2D eigenvalue weighted by Gasteiger charge is 2.35. The summed E-state index contributed by atoms with van der Waals surface area (Å²) < 4.78 is 7.73. The molecule has 1 aliphatic carbocycles. The van der Waals surface area contributed by atoms with E-state index in [1.807, 2.05) is 24.7 Å². The van der Waals surface area contributed by atoms with Crippen LogP contribution in [0.1, 0.15) is 50.1 Å². The van der Waals surface area contributed by atoms with Crippen molar-refractivity contribution in [3.8, 4) is 17.0 Å². The number of ether oxygens (including phenoxy) is 1. The maximum atomic E-state index is 11.6. The summed E-state index contributed by atoms with van der Waals surface area (Å²) in [5.74, 6) is 1.29. The molecule has 0 saturated heterocycles. The van der Waals surface area contributed by atoms with E-state index >= 15 is 0 Å². The van der Waals surface area contributed by atoms with Crippen LogP contribution in [0.3, 0.4) is 0 Å². The SMILES string of the molecule is COc1cccc2c1-c1cncn1C2CC(N=O)C1CCCCC1. The zero-order valence-corrected chi connectivity index (χ0v) is 14.0. The van der Waals surface area contributed by atoms with E-state index in [2.05, 4.69) is 20.8 Å². The fraction of sp³-hybridized carbons (Fsp3) is 0.526. The standard InChI is InChI=1S/C19H23N3O2/c1-24-18-9-5-8-14-16(22-12-20-11-17(22)19(14)18)10-15(21-23)13-6-3-2-4-7-13/h5,8-9,11-13,15-16H,2-4,6-7,10H2,1H3. The van der Waals surface area contributed by atoms with E-state index in [4.69, 9.17) is 4.74 Å². The fourth-order valence-electron chi connectivity index (χ4n) is 4.48. The molecule has 1 aliphatic heterocycles. The van der Waals surface area contributed by atoms with Gasteiger partial charge in [-0.25, -0.2) is 4.98 Å². The zero-order valence-electron chi connectivity index (χ0n) is 14.0. The van der Waals surface area contributed by atoms with Gasteiger partial charge in [0.05, 0.1) is 37.4 Å². The first-order chi connectivity index (χ1) is 11.8. The third-order valence-electron chi connectivity index (χ3n) is 5.69. The topological polar surface area (TPSA) is 56.5 Å². The summed E-state index contributed by atoms with van der Waals surface area (Å²) in [7, 11) is 1.70. The number of hydrogen-bond donors (Lipinski definition) is 0. The maximum absolute atomic E-state index is 11.6. The van der Waals surface area contributed by atoms with Crippen molar-refractivity contribution in [1.29, 1.82) is 0 Å². The molecule has 5 nitrogen and oxygen atoms in total. The number of fused-ring (bicyclic) bond motifs is 3. The molecule has 1 aromatic heterocycles. The van der Waals surface area contributed by atoms with Crippen molar-refractivity contribution >= 4 is 0 Å². The molecule has 1 fully saturated rings. The summed E-state index contributed by atoms with van der Waals surface area (Å²) in [6.07, 6.45) is 10.5. The molecule has 0 amide bonds. The molecule has 0 radical (unpaired) electrons. The lowest BCUT2D eigenvalue weighted by molar-refractivity contribution is 0.280. The smallest absolute Gasteiger partial charge is 0.128 e. The van der Waals surface area contributed by atoms with Crippen LogP contribution in [0.2, 0.25) is 0 Å². The highest BCUT2D eigenvalue weighted by Crippen LogP contribution is 2.47. The molecule has 2 aliphatic rings. The summed E-state index contributed by atoms with van der Waals surface area (Å²) in [6.45, 7) is 0. The highest BCUT2D eigenvalue weighted by molar-refractivity contribution is 5.75. The average molecular weight is 325 g/mol. The van der Waals surface area contributed by atoms with Crippen LogP contribution in [-0.4, -0.2) is 22.7 Å². The van der Waals surface area contributed by atoms with Crippen LogP contribution in [0.5, 0.6) is 5.75 Å². The third-order valence-corrected chi connectivity index (χ3v) is 5.69. The molecule has 0 bridgehead atoms. The van der Waals surface area contributed by atoms with Crippen LogP contribution in [0.15, 0.2) is 35.9 Å². The lowest BCUT2D eigenvalue weighted by Crippen LogP contribution is -2.24. The van der Waals surface area contributed by atoms with Gasteiger partial charge in [0.15, 0.2) is 0 Å². The van der Waals surface area contributed by atoms with E-state index in [-0.39, 0.29) is 12.1 Å². The minimum atomic E-state index is -0.122. The number of nitrogens with zero attached hydrogens (tertiary/aromatic N) is 3. The van der Waals surface area contributed by atoms with Crippen LogP contribution in [0.4, 0.5) is 0 Å². The second kappa shape index (κ2) is 6.38. The van der Waals surface area contributed by atoms with Gasteiger partial charge in [0, 0.05) is 5.56 Å². The molecular weight excluding hydrogens is 302 g/mol. The summed E-state index contributed by atoms with van der Waals surface area (Å²) in [4.78, 5) is 15.9. The number of aromatic nitrogens is 2. The maximum Gasteiger partial charge on any atom is 0.128 e. The fourth-order valence-corrected chi connectivity index (χ4v) is 4.48. The molecule has 1 saturated carbocycles. The lowest BCUT2D eigenvalue weighted by Gasteiger charge is -2.28. The van der Waals surface area contributed by atoms with Crippen molar-refractivity contribution in [2.24, 2.45) is 11.1 Å². The first kappa shape index (κ1) is 15.4. The van der Waals surface area contributed by atoms with Crippen molar-refractivity contribution in [1.82, 2.24) is 9.55 Å². The zero-order chi connectivity index (χ0) is 16.5. The summed E-state index contributed by atoms with van der Waals surface area (Å²) in [6, 6.07) is 6.14. The lowest BCUT2D eigenvalue weighted by atomic mass is 9.81. The molecule has 1 aromatic carbocycles. The van der Waals surface area contributed by atoms with Crippen molar-refractivity contribution in [3.05, 3.63) is 41.2 Å². The van der Waals surface area contributed by atoms with Crippen molar-refractivity contribution in [2.45, 2.75) is 50.6 Å². The number of rotatable bonds is 5. The number of benzene rings is 1. The second-order valence-corrected chi connectivity index (χ2v) is 6.93. The Morgan fingerprint density at radius 3 is 2.92 bits per heavy atom. The van der Waals surface area contributed by atoms with Gasteiger partial charge in [0.1, 0.15) is 5.75 Å². The first-order valence-corrected chi connectivity index (χ1v) is 8.85. The van der Waals surface area contributed by atoms with Crippen LogP contribution < -0.4 is 4.74 Å². The Morgan fingerprint density at radius 2 is 2.17 bits per heavy atom. The van der Waals surface area contributed by atoms with Gasteiger partial charge >= 0.3 is 0 Å². The van der Waals surface area contributed by atoms with Gasteiger partial charge in [-0.15, -0.1) is 0 Å². The molecule has 24 heavy (non-hydrogen) atoms. The third kappa shape index (κ3) is 2.43. The molecular formula is C19H23N3O2. The molecule has 2 atom stereocenters. The van der Waals surface area contributed by atoms with Gasteiger partial charge in [0.2, 0.25) is 0 Å². The second-order valence-electron chi connectivity index (χ2n) is 6.93. The normalized spacial score (nSPS) is 21.1. The van der Waals surface area contributed by atoms with Crippen molar-refractivity contribution in [2.75, 3.05) is 7.11 Å². The summed E-state index contributed by atoms with van der Waals surface area (Å²) in [5, 5.41) is 3.53. The summed E-state index contributed by atoms with van der Waals surface area (Å²) >= 11 is 0. The molecule has 2 aromatic rings. The predicted octanol–water partition coefficient (Wildman–Crippen LogP) is 4.57. The Balaban J connectivity index is 1.68. The molecule has 5 heteroatoms. The van der Waals surface area contributed by atoms with Gasteiger partial charge in [-0.2, -0.15) is 4.91 Å². The number of imidazole rings is 1. The minimum Gasteiger partial charge on any atom is -0.496 e. The first-order valence-electron chi connectivity index (χ1n) is 8.85. The van der Waals surface area contributed by atoms with E-state index < -0.39 is 0 Å². The van der Waals surface area contributed by atoms with E-state index in [1.54, 1.807) is 7.11 Å². The Bertz CT molecular complexity index is 734. The Hall–Kier alpha value is -2.17. The Morgan fingerprint density at radius 1 is 1.33 bits per heavy atom. The van der Waals surface area contributed by atoms with Gasteiger partial charge in [-0.3, -0.25) is 0 Å². The van der Waals surface area contributed by atoms with Crippen molar-refractivity contribution in [3.63, 3.8) is 0 Å². The highest BCUT2D eigenvalue weighted by atomic mass is 16.5. The van der Waals surface area contributed by atoms with Gasteiger partial charge in [-0.05, 0) is 36.8 Å². The molecule has 4 rings (SSSR count). The van der Waals surface area contributed by atoms with Crippen LogP contribution >= 0.6 is 0 Å². The Kier molecular flexibility index (Phi) is 4.08. The van der Waals surface area contributed by atoms with E-state index in [1.165, 1.54) is 24.8 Å². The number of nitroso groups, excluding NO2 is 1. The minimum absolute atomic E-state index is 0.122. The quantitative estimate of drug-likeness (QED) is 0.757.